The van der Waals surface area contributed by atoms with Crippen molar-refractivity contribution in [3.63, 3.8) is 0 Å². The number of hydrogen-bond donors (Lipinski definition) is 2. The SMILES string of the molecule is CCN(CC)S(=O)(=O)c1ccc(Cl)c(NC(=O)CN[C@H](C)c2ccccc2)c1. The second kappa shape index (κ2) is 10.0. The number of hydrogen-bond acceptors (Lipinski definition) is 4. The molecule has 0 unspecified atom stereocenters. The van der Waals surface area contributed by atoms with Gasteiger partial charge in [0.05, 0.1) is 22.2 Å². The number of nitrogens with one attached hydrogen (secondary N) is 2. The van der Waals surface area contributed by atoms with Crippen molar-refractivity contribution in [1.82, 2.24) is 9.62 Å². The van der Waals surface area contributed by atoms with Crippen LogP contribution in [-0.2, 0) is 14.8 Å². The zero-order chi connectivity index (χ0) is 20.7. The van der Waals surface area contributed by atoms with E-state index in [0.717, 1.165) is 5.56 Å². The summed E-state index contributed by atoms with van der Waals surface area (Å²) in [5.41, 5.74) is 1.34. The Balaban J connectivity index is 2.08. The number of carbonyl (C=O) groups excluding carboxylic acids is 1. The summed E-state index contributed by atoms with van der Waals surface area (Å²) in [7, 11) is -3.63. The third-order valence-electron chi connectivity index (χ3n) is 4.42. The zero-order valence-electron chi connectivity index (χ0n) is 16.3. The molecule has 6 nitrogen and oxygen atoms in total. The Morgan fingerprint density at radius 3 is 2.36 bits per heavy atom. The lowest BCUT2D eigenvalue weighted by atomic mass is 10.1. The van der Waals surface area contributed by atoms with Crippen molar-refractivity contribution in [2.75, 3.05) is 25.0 Å². The number of benzene rings is 2. The van der Waals surface area contributed by atoms with Gasteiger partial charge in [0, 0.05) is 19.1 Å². The molecule has 28 heavy (non-hydrogen) atoms. The maximum Gasteiger partial charge on any atom is 0.243 e. The lowest BCUT2D eigenvalue weighted by molar-refractivity contribution is -0.115. The predicted octanol–water partition coefficient (Wildman–Crippen LogP) is 3.66. The summed E-state index contributed by atoms with van der Waals surface area (Å²) in [4.78, 5) is 12.4. The molecule has 0 fully saturated rings. The highest BCUT2D eigenvalue weighted by Gasteiger charge is 2.22. The molecular formula is C20H26ClN3O3S. The number of carbonyl (C=O) groups is 1. The number of sulfonamides is 1. The maximum absolute atomic E-state index is 12.7. The van der Waals surface area contributed by atoms with Crippen LogP contribution in [0.5, 0.6) is 0 Å². The highest BCUT2D eigenvalue weighted by Crippen LogP contribution is 2.27. The Morgan fingerprint density at radius 2 is 1.75 bits per heavy atom. The molecule has 0 saturated heterocycles. The average Bonchev–Trinajstić information content (AvgIpc) is 2.69. The first-order valence-corrected chi connectivity index (χ1v) is 11.0. The predicted molar refractivity (Wildman–Crippen MR) is 113 cm³/mol. The number of rotatable bonds is 9. The van der Waals surface area contributed by atoms with E-state index in [1.54, 1.807) is 13.8 Å². The summed E-state index contributed by atoms with van der Waals surface area (Å²) in [5.74, 6) is -0.304. The zero-order valence-corrected chi connectivity index (χ0v) is 17.8. The average molecular weight is 424 g/mol. The minimum atomic E-state index is -3.63. The maximum atomic E-state index is 12.7. The topological polar surface area (TPSA) is 78.5 Å². The van der Waals surface area contributed by atoms with Gasteiger partial charge in [-0.15, -0.1) is 0 Å². The van der Waals surface area contributed by atoms with Gasteiger partial charge in [0.25, 0.3) is 0 Å². The van der Waals surface area contributed by atoms with Crippen molar-refractivity contribution >= 4 is 33.2 Å². The number of anilines is 1. The van der Waals surface area contributed by atoms with Crippen LogP contribution in [0.4, 0.5) is 5.69 Å². The van der Waals surface area contributed by atoms with Crippen LogP contribution >= 0.6 is 11.6 Å². The van der Waals surface area contributed by atoms with Crippen LogP contribution in [0.3, 0.4) is 0 Å². The molecule has 2 aromatic carbocycles. The molecule has 2 aromatic rings. The standard InChI is InChI=1S/C20H26ClN3O3S/c1-4-24(5-2)28(26,27)17-11-12-18(21)19(13-17)23-20(25)14-22-15(3)16-9-7-6-8-10-16/h6-13,15,22H,4-5,14H2,1-3H3,(H,23,25)/t15-/m1/s1. The first kappa shape index (κ1) is 22.4. The summed E-state index contributed by atoms with van der Waals surface area (Å²) in [5, 5.41) is 6.11. The Hall–Kier alpha value is -1.93. The first-order valence-electron chi connectivity index (χ1n) is 9.17. The smallest absolute Gasteiger partial charge is 0.243 e. The van der Waals surface area contributed by atoms with Gasteiger partial charge in [-0.3, -0.25) is 4.79 Å². The molecule has 0 heterocycles. The first-order chi connectivity index (χ1) is 13.3. The van der Waals surface area contributed by atoms with E-state index in [9.17, 15) is 13.2 Å². The largest absolute Gasteiger partial charge is 0.324 e. The van der Waals surface area contributed by atoms with Gasteiger partial charge in [-0.25, -0.2) is 8.42 Å². The Labute approximate surface area is 171 Å². The lowest BCUT2D eigenvalue weighted by Gasteiger charge is -2.19. The number of amides is 1. The normalized spacial score (nSPS) is 12.8. The quantitative estimate of drug-likeness (QED) is 0.645. The molecule has 0 radical (unpaired) electrons. The Kier molecular flexibility index (Phi) is 8.00. The van der Waals surface area contributed by atoms with Gasteiger partial charge in [0.2, 0.25) is 15.9 Å². The summed E-state index contributed by atoms with van der Waals surface area (Å²) >= 11 is 6.15. The van der Waals surface area contributed by atoms with Gasteiger partial charge in [0.15, 0.2) is 0 Å². The van der Waals surface area contributed by atoms with Gasteiger partial charge in [0.1, 0.15) is 0 Å². The molecule has 0 aliphatic rings. The van der Waals surface area contributed by atoms with E-state index in [1.165, 1.54) is 22.5 Å². The molecule has 0 aromatic heterocycles. The fourth-order valence-corrected chi connectivity index (χ4v) is 4.42. The van der Waals surface area contributed by atoms with Gasteiger partial charge in [-0.2, -0.15) is 4.31 Å². The fourth-order valence-electron chi connectivity index (χ4n) is 2.77. The van der Waals surface area contributed by atoms with Crippen LogP contribution in [0.25, 0.3) is 0 Å². The second-order valence-electron chi connectivity index (χ2n) is 6.29. The van der Waals surface area contributed by atoms with E-state index in [-0.39, 0.29) is 34.1 Å². The molecule has 2 N–H and O–H groups in total. The molecule has 2 rings (SSSR count). The molecule has 152 valence electrons. The van der Waals surface area contributed by atoms with Crippen LogP contribution < -0.4 is 10.6 Å². The van der Waals surface area contributed by atoms with Crippen molar-refractivity contribution in [2.24, 2.45) is 0 Å². The molecule has 0 aliphatic carbocycles. The van der Waals surface area contributed by atoms with E-state index >= 15 is 0 Å². The summed E-state index contributed by atoms with van der Waals surface area (Å²) < 4.78 is 26.7. The van der Waals surface area contributed by atoms with E-state index in [0.29, 0.717) is 13.1 Å². The monoisotopic (exact) mass is 423 g/mol. The third-order valence-corrected chi connectivity index (χ3v) is 6.80. The Morgan fingerprint density at radius 1 is 1.11 bits per heavy atom. The number of nitrogens with zero attached hydrogens (tertiary/aromatic N) is 1. The molecule has 0 aliphatic heterocycles. The van der Waals surface area contributed by atoms with Crippen molar-refractivity contribution in [2.45, 2.75) is 31.7 Å². The van der Waals surface area contributed by atoms with Crippen LogP contribution in [0, 0.1) is 0 Å². The highest BCUT2D eigenvalue weighted by atomic mass is 35.5. The third kappa shape index (κ3) is 5.54. The molecule has 0 spiro atoms. The molecular weight excluding hydrogens is 398 g/mol. The molecule has 0 saturated carbocycles. The summed E-state index contributed by atoms with van der Waals surface area (Å²) in [6.07, 6.45) is 0. The minimum Gasteiger partial charge on any atom is -0.324 e. The van der Waals surface area contributed by atoms with Crippen LogP contribution in [0.2, 0.25) is 5.02 Å². The van der Waals surface area contributed by atoms with Gasteiger partial charge in [-0.05, 0) is 30.7 Å². The molecule has 1 amide bonds. The van der Waals surface area contributed by atoms with Crippen molar-refractivity contribution in [3.8, 4) is 0 Å². The fraction of sp³-hybridized carbons (Fsp3) is 0.350. The van der Waals surface area contributed by atoms with Gasteiger partial charge >= 0.3 is 0 Å². The minimum absolute atomic E-state index is 0.00296. The van der Waals surface area contributed by atoms with E-state index in [4.69, 9.17) is 11.6 Å². The summed E-state index contributed by atoms with van der Waals surface area (Å²) in [6.45, 7) is 6.32. The van der Waals surface area contributed by atoms with E-state index in [1.807, 2.05) is 37.3 Å². The molecule has 1 atom stereocenters. The van der Waals surface area contributed by atoms with Crippen LogP contribution in [-0.4, -0.2) is 38.3 Å². The number of halogens is 1. The van der Waals surface area contributed by atoms with Gasteiger partial charge < -0.3 is 10.6 Å². The van der Waals surface area contributed by atoms with E-state index in [2.05, 4.69) is 10.6 Å². The Bertz CT molecular complexity index is 900. The van der Waals surface area contributed by atoms with Crippen molar-refractivity contribution in [3.05, 3.63) is 59.1 Å². The van der Waals surface area contributed by atoms with Crippen LogP contribution in [0.15, 0.2) is 53.4 Å². The summed E-state index contributed by atoms with van der Waals surface area (Å²) in [6, 6.07) is 14.1. The van der Waals surface area contributed by atoms with Crippen molar-refractivity contribution in [1.29, 1.82) is 0 Å². The lowest BCUT2D eigenvalue weighted by Crippen LogP contribution is -2.31. The second-order valence-corrected chi connectivity index (χ2v) is 8.64. The molecule has 8 heteroatoms. The molecule has 0 bridgehead atoms. The van der Waals surface area contributed by atoms with E-state index < -0.39 is 10.0 Å². The van der Waals surface area contributed by atoms with Crippen molar-refractivity contribution < 1.29 is 13.2 Å². The van der Waals surface area contributed by atoms with Gasteiger partial charge in [-0.1, -0.05) is 55.8 Å². The van der Waals surface area contributed by atoms with Crippen LogP contribution in [0.1, 0.15) is 32.4 Å². The highest BCUT2D eigenvalue weighted by molar-refractivity contribution is 7.89.